The van der Waals surface area contributed by atoms with Crippen molar-refractivity contribution in [3.8, 4) is 6.26 Å². The van der Waals surface area contributed by atoms with Gasteiger partial charge in [0.15, 0.2) is 0 Å². The van der Waals surface area contributed by atoms with Crippen molar-refractivity contribution in [3.05, 3.63) is 34.1 Å². The Morgan fingerprint density at radius 3 is 3.17 bits per heavy atom. The van der Waals surface area contributed by atoms with Crippen molar-refractivity contribution in [3.63, 3.8) is 0 Å². The zero-order valence-electron chi connectivity index (χ0n) is 12.9. The van der Waals surface area contributed by atoms with Crippen LogP contribution in [0.25, 0.3) is 0 Å². The first kappa shape index (κ1) is 16.9. The SMILES string of the molecule is CN1C(=O)C2CCOCC2(c2cc(Br)ccc2F)NC1=BOC#N. The predicted octanol–water partition coefficient (Wildman–Crippen LogP) is 1.09. The molecule has 0 aromatic heterocycles. The van der Waals surface area contributed by atoms with Crippen molar-refractivity contribution in [2.75, 3.05) is 20.3 Å². The maximum absolute atomic E-state index is 14.6. The topological polar surface area (TPSA) is 74.6 Å². The maximum atomic E-state index is 14.6. The average molecular weight is 394 g/mol. The Labute approximate surface area is 147 Å². The number of fused-ring (bicyclic) bond motifs is 1. The predicted molar refractivity (Wildman–Crippen MR) is 88.1 cm³/mol. The van der Waals surface area contributed by atoms with Gasteiger partial charge in [0.25, 0.3) is 0 Å². The van der Waals surface area contributed by atoms with Crippen LogP contribution in [-0.4, -0.2) is 43.9 Å². The number of carbonyl (C=O) groups is 1. The number of nitriles is 1. The summed E-state index contributed by atoms with van der Waals surface area (Å²) in [5.74, 6) is -1.09. The second-order valence-corrected chi connectivity index (χ2v) is 6.64. The molecule has 2 aliphatic rings. The third-order valence-corrected chi connectivity index (χ3v) is 4.94. The van der Waals surface area contributed by atoms with Gasteiger partial charge >= 0.3 is 147 Å². The van der Waals surface area contributed by atoms with Crippen LogP contribution in [0.1, 0.15) is 12.0 Å². The van der Waals surface area contributed by atoms with Crippen molar-refractivity contribution in [2.24, 2.45) is 5.92 Å². The standard InChI is InChI=1S/C15H14BBrFN3O3/c1-21-13(22)10-4-5-23-7-15(10,20-14(21)16-24-8-19)11-6-9(17)2-3-12(11)18/h2-3,6,10,20H,4-5,7H2,1H3. The molecule has 2 unspecified atom stereocenters. The fourth-order valence-corrected chi connectivity index (χ4v) is 3.63. The van der Waals surface area contributed by atoms with Gasteiger partial charge in [-0.15, -0.1) is 0 Å². The Kier molecular flexibility index (Phi) is 4.61. The quantitative estimate of drug-likeness (QED) is 0.601. The Balaban J connectivity index is 2.14. The van der Waals surface area contributed by atoms with Crippen LogP contribution in [0, 0.1) is 23.3 Å². The van der Waals surface area contributed by atoms with E-state index in [-0.39, 0.29) is 18.2 Å². The number of benzene rings is 1. The van der Waals surface area contributed by atoms with Gasteiger partial charge < -0.3 is 0 Å². The van der Waals surface area contributed by atoms with Gasteiger partial charge in [0.05, 0.1) is 0 Å². The number of nitrogens with one attached hydrogen (secondary N) is 1. The van der Waals surface area contributed by atoms with E-state index in [1.54, 1.807) is 19.2 Å². The second kappa shape index (κ2) is 6.53. The van der Waals surface area contributed by atoms with Gasteiger partial charge in [0.2, 0.25) is 0 Å². The number of halogens is 2. The second-order valence-electron chi connectivity index (χ2n) is 5.72. The fraction of sp³-hybridized carbons (Fsp3) is 0.400. The number of ether oxygens (including phenoxy) is 1. The molecule has 124 valence electrons. The summed E-state index contributed by atoms with van der Waals surface area (Å²) in [5.41, 5.74) is -0.436. The Hall–Kier alpha value is -1.92. The molecule has 1 N–H and O–H groups in total. The van der Waals surface area contributed by atoms with E-state index in [4.69, 9.17) is 10.00 Å². The number of hydrogen-bond donors (Lipinski definition) is 1. The van der Waals surface area contributed by atoms with Crippen LogP contribution >= 0.6 is 15.9 Å². The first-order chi connectivity index (χ1) is 11.5. The summed E-state index contributed by atoms with van der Waals surface area (Å²) in [6, 6.07) is 4.59. The molecule has 1 aromatic rings. The van der Waals surface area contributed by atoms with Gasteiger partial charge in [0.1, 0.15) is 0 Å². The van der Waals surface area contributed by atoms with Gasteiger partial charge in [-0.1, -0.05) is 0 Å². The van der Waals surface area contributed by atoms with Crippen molar-refractivity contribution >= 4 is 34.7 Å². The molecule has 0 spiro atoms. The summed E-state index contributed by atoms with van der Waals surface area (Å²) in [7, 11) is 2.72. The zero-order chi connectivity index (χ0) is 17.3. The summed E-state index contributed by atoms with van der Waals surface area (Å²) < 4.78 is 25.5. The summed E-state index contributed by atoms with van der Waals surface area (Å²) in [5, 5.41) is 11.8. The molecule has 0 aliphatic carbocycles. The van der Waals surface area contributed by atoms with Crippen LogP contribution in [-0.2, 0) is 19.7 Å². The van der Waals surface area contributed by atoms with Crippen LogP contribution < -0.4 is 5.32 Å². The molecule has 6 nitrogen and oxygen atoms in total. The molecule has 24 heavy (non-hydrogen) atoms. The van der Waals surface area contributed by atoms with Crippen molar-refractivity contribution in [1.29, 1.82) is 5.26 Å². The molecular weight excluding hydrogens is 380 g/mol. The van der Waals surface area contributed by atoms with E-state index in [0.29, 0.717) is 23.1 Å². The van der Waals surface area contributed by atoms with Crippen LogP contribution in [0.5, 0.6) is 0 Å². The van der Waals surface area contributed by atoms with Crippen LogP contribution in [0.4, 0.5) is 4.39 Å². The minimum absolute atomic E-state index is 0.133. The van der Waals surface area contributed by atoms with Crippen molar-refractivity contribution < 1.29 is 18.6 Å². The summed E-state index contributed by atoms with van der Waals surface area (Å²) in [6.07, 6.45) is 1.99. The molecule has 2 fully saturated rings. The third kappa shape index (κ3) is 2.70. The monoisotopic (exact) mass is 393 g/mol. The van der Waals surface area contributed by atoms with Gasteiger partial charge in [-0.3, -0.25) is 0 Å². The van der Waals surface area contributed by atoms with Crippen molar-refractivity contribution in [1.82, 2.24) is 10.2 Å². The number of carbonyl (C=O) groups excluding carboxylic acids is 1. The molecule has 2 saturated heterocycles. The Bertz CT molecular complexity index is 754. The van der Waals surface area contributed by atoms with E-state index in [0.717, 1.165) is 7.12 Å². The Morgan fingerprint density at radius 1 is 1.62 bits per heavy atom. The molecule has 0 bridgehead atoms. The molecule has 2 aliphatic heterocycles. The number of amides is 1. The minimum atomic E-state index is -1.06. The first-order valence-corrected chi connectivity index (χ1v) is 8.13. The van der Waals surface area contributed by atoms with E-state index < -0.39 is 17.3 Å². The van der Waals surface area contributed by atoms with Gasteiger partial charge in [-0.05, 0) is 0 Å². The average Bonchev–Trinajstić information content (AvgIpc) is 2.59. The van der Waals surface area contributed by atoms with E-state index in [2.05, 4.69) is 25.9 Å². The fourth-order valence-electron chi connectivity index (χ4n) is 3.27. The number of hydrogen-bond acceptors (Lipinski definition) is 5. The van der Waals surface area contributed by atoms with Crippen LogP contribution in [0.15, 0.2) is 22.7 Å². The summed E-state index contributed by atoms with van der Waals surface area (Å²) in [6.45, 7) is 0.561. The third-order valence-electron chi connectivity index (χ3n) is 4.45. The van der Waals surface area contributed by atoms with Gasteiger partial charge in [-0.2, -0.15) is 0 Å². The van der Waals surface area contributed by atoms with Crippen LogP contribution in [0.2, 0.25) is 0 Å². The van der Waals surface area contributed by atoms with Gasteiger partial charge in [0, 0.05) is 0 Å². The molecule has 0 radical (unpaired) electrons. The van der Waals surface area contributed by atoms with E-state index in [9.17, 15) is 9.18 Å². The normalized spacial score (nSPS) is 27.8. The van der Waals surface area contributed by atoms with Gasteiger partial charge in [-0.25, -0.2) is 0 Å². The summed E-state index contributed by atoms with van der Waals surface area (Å²) in [4.78, 5) is 14.2. The summed E-state index contributed by atoms with van der Waals surface area (Å²) >= 11 is 3.35. The molecule has 1 aromatic carbocycles. The molecule has 0 saturated carbocycles. The molecule has 3 rings (SSSR count). The Morgan fingerprint density at radius 2 is 2.42 bits per heavy atom. The van der Waals surface area contributed by atoms with E-state index >= 15 is 0 Å². The molecule has 9 heteroatoms. The molecule has 2 atom stereocenters. The van der Waals surface area contributed by atoms with Crippen molar-refractivity contribution in [2.45, 2.75) is 12.0 Å². The zero-order valence-corrected chi connectivity index (χ0v) is 14.5. The van der Waals surface area contributed by atoms with E-state index in [1.807, 2.05) is 0 Å². The van der Waals surface area contributed by atoms with E-state index in [1.165, 1.54) is 17.2 Å². The number of rotatable bonds is 2. The first-order valence-electron chi connectivity index (χ1n) is 7.33. The molecular formula is C15H14BBrFN3O3. The number of nitrogens with zero attached hydrogens (tertiary/aromatic N) is 2. The molecule has 2 heterocycles. The van der Waals surface area contributed by atoms with Crippen LogP contribution in [0.3, 0.4) is 0 Å². The molecule has 1 amide bonds.